The maximum absolute atomic E-state index is 12.4. The van der Waals surface area contributed by atoms with Crippen LogP contribution in [0.15, 0.2) is 60.8 Å². The molecule has 1 unspecified atom stereocenters. The zero-order valence-electron chi connectivity index (χ0n) is 16.1. The number of nitrogen functional groups attached to an aromatic ring is 1. The number of aromatic nitrogens is 4. The molecule has 2 aromatic carbocycles. The summed E-state index contributed by atoms with van der Waals surface area (Å²) in [6.07, 6.45) is 1.65. The first-order valence-corrected chi connectivity index (χ1v) is 9.19. The lowest BCUT2D eigenvalue weighted by Crippen LogP contribution is -2.13. The molecule has 2 heterocycles. The van der Waals surface area contributed by atoms with Crippen LogP contribution >= 0.6 is 0 Å². The highest BCUT2D eigenvalue weighted by Crippen LogP contribution is 2.23. The molecule has 0 saturated heterocycles. The number of carbonyl (C=O) groups excluding carboxylic acids is 1. The van der Waals surface area contributed by atoms with Gasteiger partial charge < -0.3 is 16.4 Å². The van der Waals surface area contributed by atoms with Crippen LogP contribution in [0.5, 0.6) is 0 Å². The van der Waals surface area contributed by atoms with Crippen LogP contribution in [0.3, 0.4) is 0 Å². The summed E-state index contributed by atoms with van der Waals surface area (Å²) in [7, 11) is 1.81. The van der Waals surface area contributed by atoms with E-state index in [1.807, 2.05) is 49.4 Å². The van der Waals surface area contributed by atoms with Crippen LogP contribution in [0.25, 0.3) is 11.0 Å². The molecule has 8 nitrogen and oxygen atoms in total. The van der Waals surface area contributed by atoms with E-state index in [4.69, 9.17) is 5.73 Å². The molecule has 146 valence electrons. The minimum Gasteiger partial charge on any atom is -0.383 e. The van der Waals surface area contributed by atoms with E-state index in [1.54, 1.807) is 30.1 Å². The summed E-state index contributed by atoms with van der Waals surface area (Å²) in [5.74, 6) is 0.646. The van der Waals surface area contributed by atoms with E-state index in [2.05, 4.69) is 25.7 Å². The van der Waals surface area contributed by atoms with Crippen molar-refractivity contribution in [3.8, 4) is 0 Å². The fourth-order valence-electron chi connectivity index (χ4n) is 3.06. The molecule has 0 bridgehead atoms. The molecule has 4 N–H and O–H groups in total. The largest absolute Gasteiger partial charge is 0.383 e. The Bertz CT molecular complexity index is 1170. The Hall–Kier alpha value is -3.94. The lowest BCUT2D eigenvalue weighted by molar-refractivity contribution is 0.102. The summed E-state index contributed by atoms with van der Waals surface area (Å²) in [4.78, 5) is 21.2. The molecule has 0 aliphatic carbocycles. The summed E-state index contributed by atoms with van der Waals surface area (Å²) in [5, 5.41) is 11.1. The van der Waals surface area contributed by atoms with Crippen molar-refractivity contribution in [2.75, 3.05) is 16.4 Å². The van der Waals surface area contributed by atoms with Crippen LogP contribution in [-0.2, 0) is 7.05 Å². The van der Waals surface area contributed by atoms with Gasteiger partial charge in [0, 0.05) is 18.3 Å². The van der Waals surface area contributed by atoms with Crippen molar-refractivity contribution in [1.82, 2.24) is 19.7 Å². The number of fused-ring (bicyclic) bond motifs is 1. The highest BCUT2D eigenvalue weighted by molar-refractivity contribution is 6.04. The molecule has 1 atom stereocenters. The summed E-state index contributed by atoms with van der Waals surface area (Å²) < 4.78 is 1.66. The molecule has 1 amide bonds. The number of hydrogen-bond donors (Lipinski definition) is 3. The number of aryl methyl sites for hydroxylation is 1. The number of carbonyl (C=O) groups is 1. The molecule has 0 spiro atoms. The van der Waals surface area contributed by atoms with Gasteiger partial charge in [0.1, 0.15) is 5.82 Å². The highest BCUT2D eigenvalue weighted by Gasteiger charge is 2.13. The van der Waals surface area contributed by atoms with Crippen LogP contribution in [0.1, 0.15) is 28.9 Å². The van der Waals surface area contributed by atoms with Gasteiger partial charge in [-0.2, -0.15) is 15.1 Å². The Morgan fingerprint density at radius 1 is 1.10 bits per heavy atom. The Balaban J connectivity index is 1.52. The van der Waals surface area contributed by atoms with E-state index < -0.39 is 0 Å². The van der Waals surface area contributed by atoms with Gasteiger partial charge in [-0.1, -0.05) is 30.3 Å². The predicted molar refractivity (Wildman–Crippen MR) is 114 cm³/mol. The van der Waals surface area contributed by atoms with Crippen LogP contribution in [0.2, 0.25) is 0 Å². The number of nitrogens with zero attached hydrogens (tertiary/aromatic N) is 4. The van der Waals surface area contributed by atoms with Gasteiger partial charge >= 0.3 is 0 Å². The van der Waals surface area contributed by atoms with Crippen molar-refractivity contribution in [2.45, 2.75) is 13.0 Å². The molecule has 4 rings (SSSR count). The second kappa shape index (κ2) is 7.59. The lowest BCUT2D eigenvalue weighted by Gasteiger charge is -2.16. The smallest absolute Gasteiger partial charge is 0.255 e. The fourth-order valence-corrected chi connectivity index (χ4v) is 3.06. The van der Waals surface area contributed by atoms with Gasteiger partial charge in [-0.3, -0.25) is 9.48 Å². The zero-order valence-corrected chi connectivity index (χ0v) is 16.1. The van der Waals surface area contributed by atoms with E-state index in [9.17, 15) is 4.79 Å². The first-order valence-electron chi connectivity index (χ1n) is 9.19. The minimum atomic E-state index is -0.152. The van der Waals surface area contributed by atoms with E-state index in [0.717, 1.165) is 10.9 Å². The van der Waals surface area contributed by atoms with Gasteiger partial charge in [-0.15, -0.1) is 0 Å². The van der Waals surface area contributed by atoms with Crippen molar-refractivity contribution >= 4 is 34.4 Å². The second-order valence-corrected chi connectivity index (χ2v) is 6.75. The molecule has 0 radical (unpaired) electrons. The monoisotopic (exact) mass is 387 g/mol. The third-order valence-corrected chi connectivity index (χ3v) is 4.65. The first-order chi connectivity index (χ1) is 14.0. The predicted octanol–water partition coefficient (Wildman–Crippen LogP) is 3.37. The van der Waals surface area contributed by atoms with Gasteiger partial charge in [-0.05, 0) is 36.8 Å². The van der Waals surface area contributed by atoms with Crippen molar-refractivity contribution in [3.05, 3.63) is 71.9 Å². The Morgan fingerprint density at radius 3 is 2.69 bits per heavy atom. The fraction of sp³-hybridized carbons (Fsp3) is 0.143. The molecule has 8 heteroatoms. The van der Waals surface area contributed by atoms with Gasteiger partial charge in [0.2, 0.25) is 5.95 Å². The van der Waals surface area contributed by atoms with Crippen LogP contribution in [0.4, 0.5) is 17.5 Å². The first kappa shape index (κ1) is 18.4. The number of benzene rings is 2. The van der Waals surface area contributed by atoms with Gasteiger partial charge in [0.25, 0.3) is 5.91 Å². The minimum absolute atomic E-state index is 0.103. The van der Waals surface area contributed by atoms with Crippen molar-refractivity contribution in [2.24, 2.45) is 7.05 Å². The molecular formula is C21H21N7O. The summed E-state index contributed by atoms with van der Waals surface area (Å²) in [5.41, 5.74) is 8.99. The Morgan fingerprint density at radius 2 is 1.90 bits per heavy atom. The normalized spacial score (nSPS) is 11.9. The van der Waals surface area contributed by atoms with Crippen molar-refractivity contribution in [1.29, 1.82) is 0 Å². The third kappa shape index (κ3) is 3.86. The summed E-state index contributed by atoms with van der Waals surface area (Å²) in [6, 6.07) is 16.6. The Labute approximate surface area is 167 Å². The maximum atomic E-state index is 12.4. The number of amides is 1. The van der Waals surface area contributed by atoms with Gasteiger partial charge in [0.05, 0.1) is 17.6 Å². The molecule has 0 aliphatic heterocycles. The topological polar surface area (TPSA) is 111 Å². The van der Waals surface area contributed by atoms with E-state index >= 15 is 0 Å². The van der Waals surface area contributed by atoms with E-state index in [-0.39, 0.29) is 11.9 Å². The van der Waals surface area contributed by atoms with Crippen LogP contribution < -0.4 is 16.4 Å². The third-order valence-electron chi connectivity index (χ3n) is 4.65. The van der Waals surface area contributed by atoms with Crippen LogP contribution in [-0.4, -0.2) is 25.7 Å². The number of rotatable bonds is 5. The molecule has 4 aromatic rings. The van der Waals surface area contributed by atoms with E-state index in [0.29, 0.717) is 28.7 Å². The molecule has 2 aromatic heterocycles. The summed E-state index contributed by atoms with van der Waals surface area (Å²) in [6.45, 7) is 1.99. The molecule has 0 fully saturated rings. The average Bonchev–Trinajstić information content (AvgIpc) is 3.10. The zero-order chi connectivity index (χ0) is 20.4. The highest BCUT2D eigenvalue weighted by atomic mass is 16.1. The average molecular weight is 387 g/mol. The number of nitrogens with one attached hydrogen (secondary N) is 2. The lowest BCUT2D eigenvalue weighted by atomic mass is 10.1. The molecule has 0 saturated carbocycles. The van der Waals surface area contributed by atoms with Crippen molar-refractivity contribution < 1.29 is 4.79 Å². The molecular weight excluding hydrogens is 366 g/mol. The summed E-state index contributed by atoms with van der Waals surface area (Å²) >= 11 is 0. The SMILES string of the molecule is CC(Nc1nc(N)c2cnn(C)c2n1)c1cccc(NC(=O)c2ccccc2)c1. The number of nitrogens with two attached hydrogens (primary N) is 1. The standard InChI is InChI=1S/C21H21N7O/c1-13(24-21-26-18(22)17-12-23-28(2)19(17)27-21)15-9-6-10-16(11-15)25-20(29)14-7-4-3-5-8-14/h3-13H,1-2H3,(H,25,29)(H3,22,24,26,27). The van der Waals surface area contributed by atoms with E-state index in [1.165, 1.54) is 0 Å². The van der Waals surface area contributed by atoms with Gasteiger partial charge in [-0.25, -0.2) is 0 Å². The van der Waals surface area contributed by atoms with Crippen LogP contribution in [0, 0.1) is 0 Å². The molecule has 29 heavy (non-hydrogen) atoms. The maximum Gasteiger partial charge on any atom is 0.255 e. The van der Waals surface area contributed by atoms with Gasteiger partial charge in [0.15, 0.2) is 5.65 Å². The number of hydrogen-bond acceptors (Lipinski definition) is 6. The van der Waals surface area contributed by atoms with Crippen molar-refractivity contribution in [3.63, 3.8) is 0 Å². The Kier molecular flexibility index (Phi) is 4.82. The quantitative estimate of drug-likeness (QED) is 0.484. The molecule has 0 aliphatic rings. The second-order valence-electron chi connectivity index (χ2n) is 6.75. The number of anilines is 3.